The summed E-state index contributed by atoms with van der Waals surface area (Å²) in [5, 5.41) is 6.56. The van der Waals surface area contributed by atoms with Gasteiger partial charge in [-0.1, -0.05) is 49.4 Å². The molecule has 0 bridgehead atoms. The maximum absolute atomic E-state index is 13.5. The molecule has 1 saturated carbocycles. The molecule has 1 aliphatic rings. The first kappa shape index (κ1) is 30.1. The van der Waals surface area contributed by atoms with Crippen molar-refractivity contribution in [1.29, 1.82) is 0 Å². The molecule has 0 atom stereocenters. The molecule has 3 amide bonds. The summed E-state index contributed by atoms with van der Waals surface area (Å²) in [7, 11) is -4.00. The number of alkyl halides is 3. The summed E-state index contributed by atoms with van der Waals surface area (Å²) in [5.41, 5.74) is 0.118. The van der Waals surface area contributed by atoms with E-state index in [9.17, 15) is 31.2 Å². The Morgan fingerprint density at radius 3 is 2.23 bits per heavy atom. The molecule has 4 aromatic rings. The lowest BCUT2D eigenvalue weighted by molar-refractivity contribution is -0.137. The number of nitrogens with one attached hydrogen (secondary N) is 3. The van der Waals surface area contributed by atoms with Crippen molar-refractivity contribution in [3.63, 3.8) is 0 Å². The van der Waals surface area contributed by atoms with Crippen molar-refractivity contribution in [2.45, 2.75) is 49.8 Å². The predicted octanol–water partition coefficient (Wildman–Crippen LogP) is 5.69. The fraction of sp³-hybridized carbons (Fsp3) is 0.290. The van der Waals surface area contributed by atoms with Crippen LogP contribution in [0, 0.1) is 5.41 Å². The van der Waals surface area contributed by atoms with Gasteiger partial charge in [0.25, 0.3) is 15.9 Å². The van der Waals surface area contributed by atoms with Gasteiger partial charge in [0.05, 0.1) is 21.5 Å². The number of hydrogen-bond donors (Lipinski definition) is 3. The van der Waals surface area contributed by atoms with Crippen molar-refractivity contribution in [1.82, 2.24) is 19.9 Å². The zero-order chi connectivity index (χ0) is 31.0. The highest BCUT2D eigenvalue weighted by molar-refractivity contribution is 7.90. The van der Waals surface area contributed by atoms with E-state index >= 15 is 0 Å². The minimum absolute atomic E-state index is 0.0178. The molecular formula is C31H31F3N4O4S. The van der Waals surface area contributed by atoms with Crippen LogP contribution < -0.4 is 15.4 Å². The van der Waals surface area contributed by atoms with Crippen LogP contribution in [0.2, 0.25) is 0 Å². The van der Waals surface area contributed by atoms with Gasteiger partial charge >= 0.3 is 12.2 Å². The van der Waals surface area contributed by atoms with E-state index in [0.29, 0.717) is 29.5 Å². The van der Waals surface area contributed by atoms with Gasteiger partial charge in [-0.25, -0.2) is 17.9 Å². The Morgan fingerprint density at radius 1 is 0.907 bits per heavy atom. The van der Waals surface area contributed by atoms with Gasteiger partial charge in [0.1, 0.15) is 0 Å². The molecule has 226 valence electrons. The van der Waals surface area contributed by atoms with Crippen LogP contribution in [0.5, 0.6) is 0 Å². The number of amides is 3. The molecule has 0 saturated heterocycles. The van der Waals surface area contributed by atoms with Crippen LogP contribution in [-0.2, 0) is 22.7 Å². The second kappa shape index (κ2) is 11.1. The van der Waals surface area contributed by atoms with E-state index < -0.39 is 33.3 Å². The largest absolute Gasteiger partial charge is 0.416 e. The fourth-order valence-electron chi connectivity index (χ4n) is 6.07. The Hall–Kier alpha value is -4.32. The smallest absolute Gasteiger partial charge is 0.347 e. The van der Waals surface area contributed by atoms with Crippen molar-refractivity contribution in [2.75, 3.05) is 6.54 Å². The van der Waals surface area contributed by atoms with Gasteiger partial charge in [-0.3, -0.25) is 4.79 Å². The summed E-state index contributed by atoms with van der Waals surface area (Å²) >= 11 is 0. The van der Waals surface area contributed by atoms with E-state index in [1.807, 2.05) is 35.3 Å². The minimum atomic E-state index is -4.41. The summed E-state index contributed by atoms with van der Waals surface area (Å²) in [5.74, 6) is -0.290. The standard InChI is InChI=1S/C31H31F3N4O4S/c1-29(20-35-28(40)37-43(41,42)24-8-4-3-5-9-24)18-30(2,19-29)36-27(39)25-10-6-7-22-15-16-38(26(22)25)17-21-11-13-23(14-12-21)31(32,33)34/h3-16H,17-20H2,1-2H3,(H,36,39)(H2,35,37,40). The Bertz CT molecular complexity index is 1760. The van der Waals surface area contributed by atoms with Crippen LogP contribution >= 0.6 is 0 Å². The molecule has 5 rings (SSSR count). The Balaban J connectivity index is 1.21. The number of fused-ring (bicyclic) bond motifs is 1. The molecular weight excluding hydrogens is 581 g/mol. The molecule has 3 aromatic carbocycles. The molecule has 8 nitrogen and oxygen atoms in total. The van der Waals surface area contributed by atoms with E-state index in [4.69, 9.17) is 0 Å². The zero-order valence-electron chi connectivity index (χ0n) is 23.5. The normalized spacial score (nSPS) is 20.3. The maximum atomic E-state index is 13.5. The third-order valence-corrected chi connectivity index (χ3v) is 9.02. The van der Waals surface area contributed by atoms with E-state index in [-0.39, 0.29) is 29.3 Å². The summed E-state index contributed by atoms with van der Waals surface area (Å²) in [6.07, 6.45) is -1.53. The van der Waals surface area contributed by atoms with Gasteiger partial charge < -0.3 is 15.2 Å². The first-order valence-electron chi connectivity index (χ1n) is 13.6. The molecule has 0 unspecified atom stereocenters. The third-order valence-electron chi connectivity index (χ3n) is 7.67. The SMILES string of the molecule is CC1(CNC(=O)NS(=O)(=O)c2ccccc2)CC(C)(NC(=O)c2cccc3ccn(Cc4ccc(C(F)(F)F)cc4)c23)C1. The Labute approximate surface area is 247 Å². The van der Waals surface area contributed by atoms with Gasteiger partial charge in [-0.15, -0.1) is 0 Å². The van der Waals surface area contributed by atoms with Gasteiger partial charge in [0.2, 0.25) is 0 Å². The number of hydrogen-bond acceptors (Lipinski definition) is 4. The molecule has 12 heteroatoms. The molecule has 43 heavy (non-hydrogen) atoms. The fourth-order valence-corrected chi connectivity index (χ4v) is 7.02. The molecule has 1 aromatic heterocycles. The molecule has 1 aliphatic carbocycles. The number of rotatable bonds is 8. The van der Waals surface area contributed by atoms with E-state index in [1.165, 1.54) is 24.3 Å². The molecule has 0 radical (unpaired) electrons. The minimum Gasteiger partial charge on any atom is -0.347 e. The van der Waals surface area contributed by atoms with E-state index in [2.05, 4.69) is 10.6 Å². The lowest BCUT2D eigenvalue weighted by Crippen LogP contribution is -2.62. The number of carbonyl (C=O) groups excluding carboxylic acids is 2. The molecule has 0 aliphatic heterocycles. The Kier molecular flexibility index (Phi) is 7.76. The van der Waals surface area contributed by atoms with Gasteiger partial charge in [0, 0.05) is 30.2 Å². The van der Waals surface area contributed by atoms with Gasteiger partial charge in [0.15, 0.2) is 0 Å². The molecule has 0 spiro atoms. The van der Waals surface area contributed by atoms with Crippen LogP contribution in [0.4, 0.5) is 18.0 Å². The van der Waals surface area contributed by atoms with Crippen LogP contribution in [0.3, 0.4) is 0 Å². The average molecular weight is 613 g/mol. The number of urea groups is 1. The topological polar surface area (TPSA) is 109 Å². The summed E-state index contributed by atoms with van der Waals surface area (Å²) in [6.45, 7) is 4.35. The molecule has 1 heterocycles. The highest BCUT2D eigenvalue weighted by atomic mass is 32.2. The highest BCUT2D eigenvalue weighted by Gasteiger charge is 2.49. The second-order valence-electron chi connectivity index (χ2n) is 11.7. The van der Waals surface area contributed by atoms with Crippen LogP contribution in [-0.4, -0.2) is 37.0 Å². The van der Waals surface area contributed by atoms with Crippen molar-refractivity contribution in [3.8, 4) is 0 Å². The summed E-state index contributed by atoms with van der Waals surface area (Å²) in [4.78, 5) is 25.8. The average Bonchev–Trinajstić information content (AvgIpc) is 3.34. The quantitative estimate of drug-likeness (QED) is 0.238. The number of sulfonamides is 1. The van der Waals surface area contributed by atoms with E-state index in [0.717, 1.165) is 17.5 Å². The number of aromatic nitrogens is 1. The molecule has 3 N–H and O–H groups in total. The number of benzene rings is 3. The van der Waals surface area contributed by atoms with Crippen molar-refractivity contribution >= 4 is 32.9 Å². The zero-order valence-corrected chi connectivity index (χ0v) is 24.4. The van der Waals surface area contributed by atoms with Crippen LogP contribution in [0.25, 0.3) is 10.9 Å². The van der Waals surface area contributed by atoms with Crippen LogP contribution in [0.1, 0.15) is 48.2 Å². The van der Waals surface area contributed by atoms with Crippen molar-refractivity contribution < 1.29 is 31.2 Å². The predicted molar refractivity (Wildman–Crippen MR) is 156 cm³/mol. The monoisotopic (exact) mass is 612 g/mol. The Morgan fingerprint density at radius 2 is 1.58 bits per heavy atom. The summed E-state index contributed by atoms with van der Waals surface area (Å²) < 4.78 is 67.6. The highest BCUT2D eigenvalue weighted by Crippen LogP contribution is 2.47. The number of carbonyl (C=O) groups is 2. The van der Waals surface area contributed by atoms with Gasteiger partial charge in [-0.05, 0) is 67.1 Å². The van der Waals surface area contributed by atoms with Crippen molar-refractivity contribution in [3.05, 3.63) is 102 Å². The summed E-state index contributed by atoms with van der Waals surface area (Å²) in [6, 6.07) is 18.9. The molecule has 1 fully saturated rings. The number of halogens is 3. The first-order valence-corrected chi connectivity index (χ1v) is 15.1. The lowest BCUT2D eigenvalue weighted by Gasteiger charge is -2.53. The first-order chi connectivity index (χ1) is 20.2. The van der Waals surface area contributed by atoms with Gasteiger partial charge in [-0.2, -0.15) is 13.2 Å². The second-order valence-corrected chi connectivity index (χ2v) is 13.3. The van der Waals surface area contributed by atoms with Crippen LogP contribution in [0.15, 0.2) is 90.0 Å². The van der Waals surface area contributed by atoms with E-state index in [1.54, 1.807) is 36.5 Å². The third kappa shape index (κ3) is 6.69. The van der Waals surface area contributed by atoms with Crippen molar-refractivity contribution in [2.24, 2.45) is 5.41 Å². The number of para-hydroxylation sites is 1. The lowest BCUT2D eigenvalue weighted by atomic mass is 9.59. The maximum Gasteiger partial charge on any atom is 0.416 e. The number of nitrogens with zero attached hydrogens (tertiary/aromatic N) is 1.